The van der Waals surface area contributed by atoms with Crippen LogP contribution in [-0.4, -0.2) is 15.5 Å². The number of hydrogen-bond acceptors (Lipinski definition) is 2. The Morgan fingerprint density at radius 3 is 2.64 bits per heavy atom. The number of nitrogens with two attached hydrogens (primary N) is 1. The molecule has 28 heavy (non-hydrogen) atoms. The van der Waals surface area contributed by atoms with Gasteiger partial charge in [-0.1, -0.05) is 36.4 Å². The summed E-state index contributed by atoms with van der Waals surface area (Å²) in [5.41, 5.74) is 12.4. The summed E-state index contributed by atoms with van der Waals surface area (Å²) in [7, 11) is 0. The SMILES string of the molecule is I.NC(=NCc1ccc(Cn2ccnc2)cc1)Nc1cccc2c1CCCC2. The molecule has 4 rings (SSSR count). The Morgan fingerprint density at radius 2 is 1.86 bits per heavy atom. The van der Waals surface area contributed by atoms with Gasteiger partial charge in [0, 0.05) is 24.6 Å². The lowest BCUT2D eigenvalue weighted by atomic mass is 9.90. The highest BCUT2D eigenvalue weighted by molar-refractivity contribution is 14.0. The van der Waals surface area contributed by atoms with Gasteiger partial charge in [-0.3, -0.25) is 0 Å². The molecule has 0 aliphatic heterocycles. The van der Waals surface area contributed by atoms with E-state index in [1.54, 1.807) is 6.20 Å². The molecule has 0 saturated carbocycles. The molecule has 0 saturated heterocycles. The average molecular weight is 487 g/mol. The first-order chi connectivity index (χ1) is 13.3. The van der Waals surface area contributed by atoms with Gasteiger partial charge in [0.1, 0.15) is 0 Å². The average Bonchev–Trinajstić information content (AvgIpc) is 3.21. The molecule has 1 aliphatic rings. The monoisotopic (exact) mass is 487 g/mol. The number of fused-ring (bicyclic) bond motifs is 1. The minimum Gasteiger partial charge on any atom is -0.370 e. The fourth-order valence-electron chi connectivity index (χ4n) is 3.59. The third-order valence-electron chi connectivity index (χ3n) is 5.04. The van der Waals surface area contributed by atoms with Crippen LogP contribution >= 0.6 is 24.0 Å². The van der Waals surface area contributed by atoms with E-state index >= 15 is 0 Å². The van der Waals surface area contributed by atoms with Gasteiger partial charge in [-0.2, -0.15) is 0 Å². The fraction of sp³-hybridized carbons (Fsp3) is 0.273. The Balaban J connectivity index is 0.00000225. The molecule has 1 aliphatic carbocycles. The van der Waals surface area contributed by atoms with E-state index in [2.05, 4.69) is 62.3 Å². The minimum absolute atomic E-state index is 0. The summed E-state index contributed by atoms with van der Waals surface area (Å²) in [6.07, 6.45) is 10.4. The highest BCUT2D eigenvalue weighted by Gasteiger charge is 2.13. The van der Waals surface area contributed by atoms with Gasteiger partial charge in [0.05, 0.1) is 12.9 Å². The van der Waals surface area contributed by atoms with Crippen molar-refractivity contribution < 1.29 is 0 Å². The molecule has 5 nitrogen and oxygen atoms in total. The molecular formula is C22H26IN5. The van der Waals surface area contributed by atoms with Crippen LogP contribution in [0.2, 0.25) is 0 Å². The lowest BCUT2D eigenvalue weighted by Gasteiger charge is -2.19. The van der Waals surface area contributed by atoms with Crippen molar-refractivity contribution in [3.05, 3.63) is 83.4 Å². The van der Waals surface area contributed by atoms with Crippen LogP contribution < -0.4 is 11.1 Å². The van der Waals surface area contributed by atoms with Crippen LogP contribution in [-0.2, 0) is 25.9 Å². The van der Waals surface area contributed by atoms with E-state index in [0.29, 0.717) is 12.5 Å². The van der Waals surface area contributed by atoms with Gasteiger partial charge < -0.3 is 15.6 Å². The number of nitrogens with one attached hydrogen (secondary N) is 1. The Morgan fingerprint density at radius 1 is 1.07 bits per heavy atom. The lowest BCUT2D eigenvalue weighted by Crippen LogP contribution is -2.24. The molecule has 146 valence electrons. The topological polar surface area (TPSA) is 68.2 Å². The minimum atomic E-state index is 0. The number of aliphatic imine (C=N–C) groups is 1. The third-order valence-corrected chi connectivity index (χ3v) is 5.04. The van der Waals surface area contributed by atoms with Crippen LogP contribution in [0.1, 0.15) is 35.1 Å². The zero-order valence-corrected chi connectivity index (χ0v) is 18.2. The second-order valence-electron chi connectivity index (χ2n) is 7.03. The van der Waals surface area contributed by atoms with Crippen molar-refractivity contribution in [2.75, 3.05) is 5.32 Å². The highest BCUT2D eigenvalue weighted by atomic mass is 127. The predicted molar refractivity (Wildman–Crippen MR) is 125 cm³/mol. The molecule has 3 N–H and O–H groups in total. The zero-order chi connectivity index (χ0) is 18.5. The summed E-state index contributed by atoms with van der Waals surface area (Å²) in [6, 6.07) is 14.9. The van der Waals surface area contributed by atoms with Gasteiger partial charge in [0.25, 0.3) is 0 Å². The summed E-state index contributed by atoms with van der Waals surface area (Å²) in [5, 5.41) is 3.30. The number of rotatable bonds is 5. The van der Waals surface area contributed by atoms with Crippen molar-refractivity contribution in [2.45, 2.75) is 38.8 Å². The fourth-order valence-corrected chi connectivity index (χ4v) is 3.59. The summed E-state index contributed by atoms with van der Waals surface area (Å²) in [6.45, 7) is 1.39. The molecule has 3 aromatic rings. The van der Waals surface area contributed by atoms with Crippen LogP contribution in [0.25, 0.3) is 0 Å². The van der Waals surface area contributed by atoms with E-state index in [9.17, 15) is 0 Å². The molecule has 0 atom stereocenters. The third kappa shape index (κ3) is 5.13. The number of benzene rings is 2. The first-order valence-electron chi connectivity index (χ1n) is 9.49. The van der Waals surface area contributed by atoms with Gasteiger partial charge in [-0.25, -0.2) is 9.98 Å². The van der Waals surface area contributed by atoms with E-state index in [1.807, 2.05) is 12.5 Å². The van der Waals surface area contributed by atoms with E-state index in [-0.39, 0.29) is 24.0 Å². The number of nitrogens with zero attached hydrogens (tertiary/aromatic N) is 3. The molecule has 0 fully saturated rings. The van der Waals surface area contributed by atoms with Gasteiger partial charge in [0.15, 0.2) is 5.96 Å². The van der Waals surface area contributed by atoms with Crippen molar-refractivity contribution >= 4 is 35.6 Å². The molecular weight excluding hydrogens is 461 g/mol. The van der Waals surface area contributed by atoms with Crippen molar-refractivity contribution in [3.63, 3.8) is 0 Å². The van der Waals surface area contributed by atoms with Gasteiger partial charge in [0.2, 0.25) is 0 Å². The van der Waals surface area contributed by atoms with Gasteiger partial charge >= 0.3 is 0 Å². The van der Waals surface area contributed by atoms with Crippen LogP contribution in [0.4, 0.5) is 5.69 Å². The standard InChI is InChI=1S/C22H25N5.HI/c23-22(26-21-7-3-5-19-4-1-2-6-20(19)21)25-14-17-8-10-18(11-9-17)15-27-13-12-24-16-27;/h3,5,7-13,16H,1-2,4,6,14-15H2,(H3,23,25,26);1H. The van der Waals surface area contributed by atoms with Crippen LogP contribution in [0.3, 0.4) is 0 Å². The lowest BCUT2D eigenvalue weighted by molar-refractivity contribution is 0.687. The number of aromatic nitrogens is 2. The maximum atomic E-state index is 6.14. The number of imidazole rings is 1. The Labute approximate surface area is 183 Å². The van der Waals surface area contributed by atoms with Crippen LogP contribution in [0, 0.1) is 0 Å². The van der Waals surface area contributed by atoms with Crippen LogP contribution in [0.5, 0.6) is 0 Å². The predicted octanol–water partition coefficient (Wildman–Crippen LogP) is 4.36. The van der Waals surface area contributed by atoms with E-state index < -0.39 is 0 Å². The smallest absolute Gasteiger partial charge is 0.193 e. The van der Waals surface area contributed by atoms with Crippen molar-refractivity contribution in [3.8, 4) is 0 Å². The molecule has 0 amide bonds. The van der Waals surface area contributed by atoms with E-state index in [0.717, 1.165) is 30.6 Å². The summed E-state index contributed by atoms with van der Waals surface area (Å²) in [5.74, 6) is 0.469. The number of aryl methyl sites for hydroxylation is 1. The maximum absolute atomic E-state index is 6.14. The molecule has 0 unspecified atom stereocenters. The summed E-state index contributed by atoms with van der Waals surface area (Å²) < 4.78 is 2.05. The summed E-state index contributed by atoms with van der Waals surface area (Å²) in [4.78, 5) is 8.58. The first-order valence-corrected chi connectivity index (χ1v) is 9.49. The quantitative estimate of drug-likeness (QED) is 0.320. The molecule has 0 bridgehead atoms. The second-order valence-corrected chi connectivity index (χ2v) is 7.03. The maximum Gasteiger partial charge on any atom is 0.193 e. The first kappa shape index (κ1) is 20.4. The normalized spacial score (nSPS) is 13.5. The van der Waals surface area contributed by atoms with E-state index in [1.165, 1.54) is 29.5 Å². The van der Waals surface area contributed by atoms with Gasteiger partial charge in [-0.15, -0.1) is 24.0 Å². The Bertz CT molecular complexity index is 917. The highest BCUT2D eigenvalue weighted by Crippen LogP contribution is 2.27. The Kier molecular flexibility index (Phi) is 7.08. The number of guanidine groups is 1. The molecule has 1 heterocycles. The molecule has 2 aromatic carbocycles. The molecule has 0 radical (unpaired) electrons. The number of hydrogen-bond donors (Lipinski definition) is 2. The zero-order valence-electron chi connectivity index (χ0n) is 15.8. The molecule has 1 aromatic heterocycles. The molecule has 6 heteroatoms. The largest absolute Gasteiger partial charge is 0.370 e. The van der Waals surface area contributed by atoms with E-state index in [4.69, 9.17) is 5.73 Å². The van der Waals surface area contributed by atoms with Crippen molar-refractivity contribution in [2.24, 2.45) is 10.7 Å². The summed E-state index contributed by atoms with van der Waals surface area (Å²) >= 11 is 0. The van der Waals surface area contributed by atoms with Gasteiger partial charge in [-0.05, 0) is 54.0 Å². The Hall–Kier alpha value is -2.35. The number of anilines is 1. The van der Waals surface area contributed by atoms with Crippen molar-refractivity contribution in [1.29, 1.82) is 0 Å². The van der Waals surface area contributed by atoms with Crippen LogP contribution in [0.15, 0.2) is 66.2 Å². The number of halogens is 1. The van der Waals surface area contributed by atoms with Crippen molar-refractivity contribution in [1.82, 2.24) is 9.55 Å². The second kappa shape index (κ2) is 9.73. The molecule has 0 spiro atoms.